The van der Waals surface area contributed by atoms with E-state index in [9.17, 15) is 26.3 Å². The number of alkyl halides is 6. The van der Waals surface area contributed by atoms with Gasteiger partial charge in [0.2, 0.25) is 5.95 Å². The Morgan fingerprint density at radius 1 is 0.941 bits per heavy atom. The maximum Gasteiger partial charge on any atom is 0.490 e. The molecule has 2 aliphatic rings. The molecule has 34 heavy (non-hydrogen) atoms. The Labute approximate surface area is 193 Å². The van der Waals surface area contributed by atoms with Crippen molar-refractivity contribution in [2.45, 2.75) is 18.9 Å². The van der Waals surface area contributed by atoms with Crippen LogP contribution in [-0.2, 0) is 16.1 Å². The molecular formula is C19H20F6N4O4S. The molecule has 2 unspecified atom stereocenters. The highest BCUT2D eigenvalue weighted by Crippen LogP contribution is 2.33. The number of halogens is 6. The van der Waals surface area contributed by atoms with E-state index in [0.717, 1.165) is 37.4 Å². The van der Waals surface area contributed by atoms with E-state index in [-0.39, 0.29) is 0 Å². The van der Waals surface area contributed by atoms with Gasteiger partial charge in [0, 0.05) is 45.1 Å². The van der Waals surface area contributed by atoms with Gasteiger partial charge in [0.25, 0.3) is 0 Å². The second-order valence-corrected chi connectivity index (χ2v) is 8.19. The van der Waals surface area contributed by atoms with Gasteiger partial charge < -0.3 is 15.1 Å². The molecule has 2 N–H and O–H groups in total. The van der Waals surface area contributed by atoms with Crippen molar-refractivity contribution in [1.82, 2.24) is 14.9 Å². The van der Waals surface area contributed by atoms with E-state index >= 15 is 0 Å². The molecule has 2 fully saturated rings. The van der Waals surface area contributed by atoms with E-state index in [4.69, 9.17) is 19.8 Å². The molecule has 2 aliphatic heterocycles. The minimum atomic E-state index is -5.08. The summed E-state index contributed by atoms with van der Waals surface area (Å²) in [6, 6.07) is 4.12. The van der Waals surface area contributed by atoms with Gasteiger partial charge in [-0.25, -0.2) is 19.6 Å². The zero-order valence-electron chi connectivity index (χ0n) is 17.3. The average molecular weight is 514 g/mol. The zero-order valence-corrected chi connectivity index (χ0v) is 18.1. The van der Waals surface area contributed by atoms with Crippen LogP contribution < -0.4 is 4.90 Å². The first kappa shape index (κ1) is 27.3. The number of carboxylic acid groups (broad SMARTS) is 2. The molecule has 0 radical (unpaired) electrons. The molecule has 2 aromatic heterocycles. The van der Waals surface area contributed by atoms with Crippen molar-refractivity contribution in [3.63, 3.8) is 0 Å². The van der Waals surface area contributed by atoms with E-state index < -0.39 is 24.3 Å². The molecule has 0 bridgehead atoms. The van der Waals surface area contributed by atoms with Crippen molar-refractivity contribution in [2.24, 2.45) is 11.8 Å². The summed E-state index contributed by atoms with van der Waals surface area (Å²) in [6.45, 7) is 5.75. The lowest BCUT2D eigenvalue weighted by atomic mass is 10.0. The third-order valence-corrected chi connectivity index (χ3v) is 5.60. The summed E-state index contributed by atoms with van der Waals surface area (Å²) in [5.74, 6) is -3.07. The lowest BCUT2D eigenvalue weighted by molar-refractivity contribution is -0.193. The molecule has 8 nitrogen and oxygen atoms in total. The van der Waals surface area contributed by atoms with E-state index in [1.54, 1.807) is 11.3 Å². The monoisotopic (exact) mass is 514 g/mol. The molecule has 2 aromatic rings. The van der Waals surface area contributed by atoms with Gasteiger partial charge in [0.15, 0.2) is 0 Å². The van der Waals surface area contributed by atoms with Gasteiger partial charge in [-0.3, -0.25) is 4.90 Å². The van der Waals surface area contributed by atoms with Crippen LogP contribution in [0.2, 0.25) is 0 Å². The molecule has 0 aliphatic carbocycles. The largest absolute Gasteiger partial charge is 0.490 e. The summed E-state index contributed by atoms with van der Waals surface area (Å²) >= 11 is 1.79. The Kier molecular flexibility index (Phi) is 9.21. The summed E-state index contributed by atoms with van der Waals surface area (Å²) in [5.41, 5.74) is 1.46. The zero-order chi connectivity index (χ0) is 25.5. The van der Waals surface area contributed by atoms with Crippen LogP contribution in [0.4, 0.5) is 32.3 Å². The van der Waals surface area contributed by atoms with Crippen molar-refractivity contribution in [3.8, 4) is 0 Å². The van der Waals surface area contributed by atoms with Crippen LogP contribution in [0.25, 0.3) is 0 Å². The van der Waals surface area contributed by atoms with Gasteiger partial charge in [-0.2, -0.15) is 37.7 Å². The van der Waals surface area contributed by atoms with E-state index in [2.05, 4.69) is 36.6 Å². The number of fused-ring (bicyclic) bond motifs is 1. The Balaban J connectivity index is 0.000000244. The molecule has 0 saturated carbocycles. The van der Waals surface area contributed by atoms with Crippen molar-refractivity contribution >= 4 is 29.2 Å². The van der Waals surface area contributed by atoms with Gasteiger partial charge >= 0.3 is 24.3 Å². The summed E-state index contributed by atoms with van der Waals surface area (Å²) in [5, 5.41) is 18.7. The minimum Gasteiger partial charge on any atom is -0.475 e. The van der Waals surface area contributed by atoms with E-state index in [1.165, 1.54) is 18.7 Å². The number of nitrogens with zero attached hydrogens (tertiary/aromatic N) is 4. The summed E-state index contributed by atoms with van der Waals surface area (Å²) in [6.07, 6.45) is -6.50. The fraction of sp³-hybridized carbons (Fsp3) is 0.474. The molecule has 0 spiro atoms. The van der Waals surface area contributed by atoms with Crippen molar-refractivity contribution in [1.29, 1.82) is 0 Å². The molecule has 15 heteroatoms. The number of anilines is 1. The van der Waals surface area contributed by atoms with Gasteiger partial charge in [-0.1, -0.05) is 0 Å². The SMILES string of the molecule is O=C(O)C(F)(F)F.O=C(O)C(F)(F)F.c1cnc(N2CC3CN(Cc4ccsc4)CC3C2)nc1. The highest BCUT2D eigenvalue weighted by atomic mass is 32.1. The average Bonchev–Trinajstić information content (AvgIpc) is 3.45. The lowest BCUT2D eigenvalue weighted by Gasteiger charge is -2.21. The summed E-state index contributed by atoms with van der Waals surface area (Å²) in [7, 11) is 0. The number of likely N-dealkylation sites (tertiary alicyclic amines) is 1. The van der Waals surface area contributed by atoms with Crippen molar-refractivity contribution in [2.75, 3.05) is 31.1 Å². The lowest BCUT2D eigenvalue weighted by Crippen LogP contribution is -2.29. The molecule has 0 aromatic carbocycles. The van der Waals surface area contributed by atoms with Crippen molar-refractivity contribution < 1.29 is 46.1 Å². The molecule has 188 valence electrons. The van der Waals surface area contributed by atoms with Crippen LogP contribution in [0.5, 0.6) is 0 Å². The quantitative estimate of drug-likeness (QED) is 0.601. The molecule has 4 rings (SSSR count). The molecule has 2 saturated heterocycles. The second kappa shape index (κ2) is 11.5. The molecule has 0 amide bonds. The highest BCUT2D eigenvalue weighted by Gasteiger charge is 2.41. The van der Waals surface area contributed by atoms with Crippen LogP contribution in [0.1, 0.15) is 5.56 Å². The second-order valence-electron chi connectivity index (χ2n) is 7.41. The van der Waals surface area contributed by atoms with Crippen LogP contribution >= 0.6 is 11.3 Å². The Hall–Kier alpha value is -2.94. The van der Waals surface area contributed by atoms with Gasteiger partial charge in [0.05, 0.1) is 0 Å². The number of hydrogen-bond acceptors (Lipinski definition) is 7. The maximum atomic E-state index is 10.6. The van der Waals surface area contributed by atoms with Crippen LogP contribution in [0, 0.1) is 11.8 Å². The van der Waals surface area contributed by atoms with Gasteiger partial charge in [-0.05, 0) is 40.3 Å². The predicted molar refractivity (Wildman–Crippen MR) is 108 cm³/mol. The number of aromatic nitrogens is 2. The first-order chi connectivity index (χ1) is 15.8. The normalized spacial score (nSPS) is 20.0. The summed E-state index contributed by atoms with van der Waals surface area (Å²) < 4.78 is 63.5. The summed E-state index contributed by atoms with van der Waals surface area (Å²) in [4.78, 5) is 31.5. The Bertz CT molecular complexity index is 889. The topological polar surface area (TPSA) is 107 Å². The van der Waals surface area contributed by atoms with Crippen LogP contribution in [-0.4, -0.2) is 75.6 Å². The van der Waals surface area contributed by atoms with Crippen LogP contribution in [0.3, 0.4) is 0 Å². The Morgan fingerprint density at radius 3 is 1.79 bits per heavy atom. The van der Waals surface area contributed by atoms with Gasteiger partial charge in [-0.15, -0.1) is 0 Å². The fourth-order valence-corrected chi connectivity index (χ4v) is 4.14. The first-order valence-corrected chi connectivity index (χ1v) is 10.6. The Morgan fingerprint density at radius 2 is 1.41 bits per heavy atom. The number of rotatable bonds is 3. The number of aliphatic carboxylic acids is 2. The van der Waals surface area contributed by atoms with Crippen LogP contribution in [0.15, 0.2) is 35.3 Å². The maximum absolute atomic E-state index is 10.6. The predicted octanol–water partition coefficient (Wildman–Crippen LogP) is 3.37. The van der Waals surface area contributed by atoms with Crippen molar-refractivity contribution in [3.05, 3.63) is 40.8 Å². The third kappa shape index (κ3) is 8.44. The van der Waals surface area contributed by atoms with E-state index in [1.807, 2.05) is 18.5 Å². The first-order valence-electron chi connectivity index (χ1n) is 9.63. The highest BCUT2D eigenvalue weighted by molar-refractivity contribution is 7.07. The number of carbonyl (C=O) groups is 2. The smallest absolute Gasteiger partial charge is 0.475 e. The minimum absolute atomic E-state index is 0.775. The number of hydrogen-bond donors (Lipinski definition) is 2. The standard InChI is InChI=1S/C15H18N4S.2C2HF3O2/c1-3-16-15(17-4-1)19-9-13-7-18(8-14(13)10-19)6-12-2-5-20-11-12;2*3-2(4,5)1(6)7/h1-5,11,13-14H,6-10H2;2*(H,6,7). The molecular weight excluding hydrogens is 494 g/mol. The fourth-order valence-electron chi connectivity index (χ4n) is 3.48. The number of carboxylic acids is 2. The molecule has 2 atom stereocenters. The van der Waals surface area contributed by atoms with Gasteiger partial charge in [0.1, 0.15) is 0 Å². The van der Waals surface area contributed by atoms with E-state index in [0.29, 0.717) is 0 Å². The molecule has 4 heterocycles. The number of thiophene rings is 1. The third-order valence-electron chi connectivity index (χ3n) is 4.87.